The van der Waals surface area contributed by atoms with Crippen molar-refractivity contribution in [3.05, 3.63) is 89.0 Å². The molecule has 0 aromatic heterocycles. The van der Waals surface area contributed by atoms with Crippen LogP contribution in [0.3, 0.4) is 0 Å². The molecule has 3 rings (SSSR count). The van der Waals surface area contributed by atoms with E-state index < -0.39 is 7.32 Å². The van der Waals surface area contributed by atoms with Crippen molar-refractivity contribution in [3.63, 3.8) is 0 Å². The third kappa shape index (κ3) is 12.5. The molecule has 0 saturated heterocycles. The van der Waals surface area contributed by atoms with E-state index in [1.165, 1.54) is 33.6 Å². The maximum atomic E-state index is 9.25. The molecule has 5 nitrogen and oxygen atoms in total. The largest absolute Gasteiger partial charge is 0.707 e. The van der Waals surface area contributed by atoms with Crippen LogP contribution >= 0.6 is 0 Å². The van der Waals surface area contributed by atoms with E-state index in [2.05, 4.69) is 61.8 Å². The second kappa shape index (κ2) is 20.0. The smallest absolute Gasteiger partial charge is 0.512 e. The average Bonchev–Trinajstić information content (AvgIpc) is 2.94. The Kier molecular flexibility index (Phi) is 17.5. The number of rotatable bonds is 12. The summed E-state index contributed by atoms with van der Waals surface area (Å²) >= 11 is 0. The second-order valence-electron chi connectivity index (χ2n) is 10.4. The van der Waals surface area contributed by atoms with Crippen molar-refractivity contribution in [2.24, 2.45) is 0 Å². The van der Waals surface area contributed by atoms with E-state index in [1.807, 2.05) is 70.7 Å². The van der Waals surface area contributed by atoms with Crippen LogP contribution in [-0.2, 0) is 25.7 Å². The summed E-state index contributed by atoms with van der Waals surface area (Å²) in [7, 11) is 6.39. The minimum Gasteiger partial charge on any atom is -0.512 e. The van der Waals surface area contributed by atoms with Crippen LogP contribution in [0.25, 0.3) is 0 Å². The third-order valence-corrected chi connectivity index (χ3v) is 6.52. The van der Waals surface area contributed by atoms with E-state index in [0.717, 1.165) is 51.4 Å². The van der Waals surface area contributed by atoms with Crippen LogP contribution in [0.5, 0.6) is 5.75 Å². The zero-order valence-corrected chi connectivity index (χ0v) is 26.3. The van der Waals surface area contributed by atoms with E-state index in [9.17, 15) is 10.0 Å². The first-order valence-electron chi connectivity index (χ1n) is 14.8. The van der Waals surface area contributed by atoms with Gasteiger partial charge in [-0.1, -0.05) is 89.8 Å². The molecule has 0 bridgehead atoms. The summed E-state index contributed by atoms with van der Waals surface area (Å²) in [5.74, 6) is 0.656. The summed E-state index contributed by atoms with van der Waals surface area (Å²) in [5, 5.41) is 18.5. The predicted molar refractivity (Wildman–Crippen MR) is 175 cm³/mol. The van der Waals surface area contributed by atoms with Gasteiger partial charge in [0.2, 0.25) is 0 Å². The highest BCUT2D eigenvalue weighted by Gasteiger charge is 2.21. The van der Waals surface area contributed by atoms with Gasteiger partial charge in [-0.15, -0.1) is 0 Å². The Hall–Kier alpha value is -2.96. The van der Waals surface area contributed by atoms with E-state index in [1.54, 1.807) is 0 Å². The Morgan fingerprint density at radius 1 is 0.575 bits per heavy atom. The van der Waals surface area contributed by atoms with Gasteiger partial charge in [0, 0.05) is 39.6 Å². The lowest BCUT2D eigenvalue weighted by atomic mass is 9.86. The molecule has 0 spiro atoms. The molecule has 0 aliphatic carbocycles. The highest BCUT2D eigenvalue weighted by atomic mass is 16.6. The summed E-state index contributed by atoms with van der Waals surface area (Å²) in [6, 6.07) is 22.6. The molecule has 0 atom stereocenters. The lowest BCUT2D eigenvalue weighted by molar-refractivity contribution is 0.286. The van der Waals surface area contributed by atoms with Gasteiger partial charge in [0.15, 0.2) is 0 Å². The zero-order chi connectivity index (χ0) is 29.9. The average molecular weight is 549 g/mol. The molecule has 3 aromatic rings. The SMILES string of the molecule is CCCc1cc(OB(O)O)c(CCC)c(CCC)c1CCC.CN(C)c1ccccc1.CN(C)c1ccccc1. The van der Waals surface area contributed by atoms with Gasteiger partial charge in [-0.2, -0.15) is 0 Å². The maximum absolute atomic E-state index is 9.25. The van der Waals surface area contributed by atoms with Gasteiger partial charge in [-0.05, 0) is 78.3 Å². The van der Waals surface area contributed by atoms with Crippen molar-refractivity contribution in [2.75, 3.05) is 38.0 Å². The van der Waals surface area contributed by atoms with Gasteiger partial charge in [0.1, 0.15) is 5.75 Å². The fourth-order valence-electron chi connectivity index (χ4n) is 4.66. The van der Waals surface area contributed by atoms with Crippen molar-refractivity contribution in [3.8, 4) is 5.75 Å². The molecule has 0 unspecified atom stereocenters. The first kappa shape index (κ1) is 35.1. The van der Waals surface area contributed by atoms with Crippen molar-refractivity contribution in [1.29, 1.82) is 0 Å². The summed E-state index contributed by atoms with van der Waals surface area (Å²) in [4.78, 5) is 4.17. The topological polar surface area (TPSA) is 56.2 Å². The minimum absolute atomic E-state index is 0.656. The Balaban J connectivity index is 0.000000361. The molecule has 0 amide bonds. The quantitative estimate of drug-likeness (QED) is 0.232. The molecule has 0 aliphatic rings. The first-order valence-corrected chi connectivity index (χ1v) is 14.8. The van der Waals surface area contributed by atoms with E-state index in [4.69, 9.17) is 4.65 Å². The second-order valence-corrected chi connectivity index (χ2v) is 10.4. The van der Waals surface area contributed by atoms with E-state index >= 15 is 0 Å². The normalized spacial score (nSPS) is 10.1. The Morgan fingerprint density at radius 3 is 1.32 bits per heavy atom. The highest BCUT2D eigenvalue weighted by molar-refractivity contribution is 6.33. The van der Waals surface area contributed by atoms with Crippen LogP contribution in [0.15, 0.2) is 66.7 Å². The molecular weight excluding hydrogens is 495 g/mol. The minimum atomic E-state index is -1.75. The Labute approximate surface area is 245 Å². The fraction of sp³-hybridized carbons (Fsp3) is 0.471. The maximum Gasteiger partial charge on any atom is 0.707 e. The summed E-state index contributed by atoms with van der Waals surface area (Å²) in [6.07, 6.45) is 8.36. The molecule has 0 fully saturated rings. The van der Waals surface area contributed by atoms with E-state index in [-0.39, 0.29) is 0 Å². The van der Waals surface area contributed by atoms with Crippen molar-refractivity contribution < 1.29 is 14.7 Å². The number of aryl methyl sites for hydroxylation is 1. The number of hydrogen-bond acceptors (Lipinski definition) is 5. The molecule has 0 saturated carbocycles. The van der Waals surface area contributed by atoms with Crippen LogP contribution in [0.2, 0.25) is 0 Å². The summed E-state index contributed by atoms with van der Waals surface area (Å²) in [6.45, 7) is 8.73. The standard InChI is InChI=1S/C18H31BO3.2C8H11N/c1-5-9-14-13-18(22-19(20)21)17(12-8-4)16(11-7-3)15(14)10-6-2;2*1-9(2)8-6-4-3-5-7-8/h13,20-21H,5-12H2,1-4H3;2*3-7H,1-2H3. The molecule has 0 aliphatic heterocycles. The summed E-state index contributed by atoms with van der Waals surface area (Å²) < 4.78 is 5.32. The fourth-order valence-corrected chi connectivity index (χ4v) is 4.66. The molecular formula is C34H53BN2O3. The molecule has 0 radical (unpaired) electrons. The van der Waals surface area contributed by atoms with Crippen molar-refractivity contribution in [1.82, 2.24) is 0 Å². The lowest BCUT2D eigenvalue weighted by Gasteiger charge is -2.22. The van der Waals surface area contributed by atoms with Gasteiger partial charge >= 0.3 is 7.32 Å². The number of hydrogen-bond donors (Lipinski definition) is 2. The number of benzene rings is 3. The van der Waals surface area contributed by atoms with E-state index in [0.29, 0.717) is 5.75 Å². The Bertz CT molecular complexity index is 1010. The molecule has 0 heterocycles. The van der Waals surface area contributed by atoms with Gasteiger partial charge in [-0.25, -0.2) is 0 Å². The van der Waals surface area contributed by atoms with Crippen LogP contribution in [0.4, 0.5) is 11.4 Å². The molecule has 40 heavy (non-hydrogen) atoms. The van der Waals surface area contributed by atoms with Crippen LogP contribution in [0.1, 0.15) is 75.6 Å². The number of anilines is 2. The van der Waals surface area contributed by atoms with Crippen LogP contribution < -0.4 is 14.5 Å². The highest BCUT2D eigenvalue weighted by Crippen LogP contribution is 2.33. The predicted octanol–water partition coefficient (Wildman–Crippen LogP) is 7.35. The number of para-hydroxylation sites is 2. The number of nitrogens with zero attached hydrogens (tertiary/aromatic N) is 2. The lowest BCUT2D eigenvalue weighted by Crippen LogP contribution is -2.22. The van der Waals surface area contributed by atoms with Crippen molar-refractivity contribution >= 4 is 18.7 Å². The monoisotopic (exact) mass is 548 g/mol. The molecule has 220 valence electrons. The van der Waals surface area contributed by atoms with Crippen LogP contribution in [0, 0.1) is 0 Å². The summed E-state index contributed by atoms with van der Waals surface area (Å²) in [5.41, 5.74) is 7.82. The third-order valence-electron chi connectivity index (χ3n) is 6.52. The van der Waals surface area contributed by atoms with Crippen LogP contribution in [-0.4, -0.2) is 45.6 Å². The van der Waals surface area contributed by atoms with Gasteiger partial charge in [0.05, 0.1) is 0 Å². The van der Waals surface area contributed by atoms with Gasteiger partial charge in [-0.3, -0.25) is 0 Å². The zero-order valence-electron chi connectivity index (χ0n) is 26.3. The van der Waals surface area contributed by atoms with Gasteiger partial charge in [0.25, 0.3) is 0 Å². The molecule has 3 aromatic carbocycles. The van der Waals surface area contributed by atoms with Crippen molar-refractivity contribution in [2.45, 2.75) is 79.1 Å². The van der Waals surface area contributed by atoms with Gasteiger partial charge < -0.3 is 24.5 Å². The molecule has 2 N–H and O–H groups in total. The Morgan fingerprint density at radius 2 is 0.975 bits per heavy atom. The molecule has 6 heteroatoms. The first-order chi connectivity index (χ1) is 19.2.